The van der Waals surface area contributed by atoms with Crippen molar-refractivity contribution in [3.05, 3.63) is 77.9 Å². The van der Waals surface area contributed by atoms with Crippen molar-refractivity contribution in [3.63, 3.8) is 0 Å². The second-order valence-electron chi connectivity index (χ2n) is 5.01. The third-order valence-corrected chi connectivity index (χ3v) is 3.17. The zero-order valence-corrected chi connectivity index (χ0v) is 12.6. The van der Waals surface area contributed by atoms with Crippen LogP contribution < -0.4 is 10.6 Å². The Morgan fingerprint density at radius 3 is 2.32 bits per heavy atom. The summed E-state index contributed by atoms with van der Waals surface area (Å²) >= 11 is 0. The minimum Gasteiger partial charge on any atom is -0.324 e. The molecule has 1 amide bonds. The fourth-order valence-electron chi connectivity index (χ4n) is 1.98. The number of amides is 1. The monoisotopic (exact) mass is 344 g/mol. The summed E-state index contributed by atoms with van der Waals surface area (Å²) in [6.45, 7) is 0. The first kappa shape index (κ1) is 16.4. The zero-order chi connectivity index (χ0) is 17.8. The highest BCUT2D eigenvalue weighted by atomic mass is 19.2. The lowest BCUT2D eigenvalue weighted by atomic mass is 10.2. The lowest BCUT2D eigenvalue weighted by Gasteiger charge is -2.07. The Labute approximate surface area is 140 Å². The molecule has 2 N–H and O–H groups in total. The van der Waals surface area contributed by atoms with Gasteiger partial charge in [0.25, 0.3) is 5.91 Å². The van der Waals surface area contributed by atoms with Gasteiger partial charge in [0.1, 0.15) is 5.82 Å². The van der Waals surface area contributed by atoms with Gasteiger partial charge < -0.3 is 10.6 Å². The Kier molecular flexibility index (Phi) is 4.60. The van der Waals surface area contributed by atoms with E-state index in [4.69, 9.17) is 0 Å². The molecule has 3 rings (SSSR count). The Balaban J connectivity index is 1.69. The van der Waals surface area contributed by atoms with Crippen LogP contribution in [0.1, 0.15) is 10.4 Å². The lowest BCUT2D eigenvalue weighted by molar-refractivity contribution is 0.102. The van der Waals surface area contributed by atoms with Gasteiger partial charge in [0.2, 0.25) is 5.95 Å². The number of benzene rings is 2. The number of nitrogens with zero attached hydrogens (tertiary/aromatic N) is 2. The van der Waals surface area contributed by atoms with E-state index in [0.717, 1.165) is 12.1 Å². The van der Waals surface area contributed by atoms with E-state index in [1.807, 2.05) is 0 Å². The van der Waals surface area contributed by atoms with Gasteiger partial charge in [-0.1, -0.05) is 6.07 Å². The number of anilines is 3. The van der Waals surface area contributed by atoms with Gasteiger partial charge in [-0.2, -0.15) is 0 Å². The number of rotatable bonds is 4. The van der Waals surface area contributed by atoms with E-state index in [9.17, 15) is 18.0 Å². The number of carbonyl (C=O) groups excluding carboxylic acids is 1. The highest BCUT2D eigenvalue weighted by molar-refractivity contribution is 6.03. The van der Waals surface area contributed by atoms with Crippen LogP contribution in [0.4, 0.5) is 30.5 Å². The summed E-state index contributed by atoms with van der Waals surface area (Å²) in [6, 6.07) is 8.71. The number of nitrogens with one attached hydrogen (secondary N) is 2. The van der Waals surface area contributed by atoms with Crippen LogP contribution in [0.3, 0.4) is 0 Å². The molecule has 0 saturated carbocycles. The van der Waals surface area contributed by atoms with E-state index in [2.05, 4.69) is 20.6 Å². The van der Waals surface area contributed by atoms with Crippen LogP contribution in [0, 0.1) is 17.5 Å². The molecule has 0 aliphatic heterocycles. The molecular formula is C17H11F3N4O. The average molecular weight is 344 g/mol. The Bertz CT molecular complexity index is 916. The Hall–Kier alpha value is -3.42. The molecule has 1 heterocycles. The summed E-state index contributed by atoms with van der Waals surface area (Å²) in [5, 5.41) is 5.20. The van der Waals surface area contributed by atoms with Crippen molar-refractivity contribution in [2.75, 3.05) is 10.6 Å². The Morgan fingerprint density at radius 2 is 1.64 bits per heavy atom. The fourth-order valence-corrected chi connectivity index (χ4v) is 1.98. The standard InChI is InChI=1S/C17H11F3N4O/c18-11-2-1-3-12(6-11)23-16(25)10-8-21-17(22-9-10)24-13-4-5-14(19)15(20)7-13/h1-9H,(H,23,25)(H,21,22,24). The molecule has 0 aliphatic carbocycles. The molecule has 0 aliphatic rings. The smallest absolute Gasteiger partial charge is 0.258 e. The topological polar surface area (TPSA) is 66.9 Å². The average Bonchev–Trinajstić information content (AvgIpc) is 2.59. The molecule has 0 spiro atoms. The van der Waals surface area contributed by atoms with E-state index >= 15 is 0 Å². The third kappa shape index (κ3) is 4.11. The maximum Gasteiger partial charge on any atom is 0.258 e. The van der Waals surface area contributed by atoms with E-state index in [-0.39, 0.29) is 17.2 Å². The molecule has 1 aromatic heterocycles. The number of halogens is 3. The predicted octanol–water partition coefficient (Wildman–Crippen LogP) is 3.89. The molecule has 25 heavy (non-hydrogen) atoms. The molecule has 8 heteroatoms. The number of aromatic nitrogens is 2. The highest BCUT2D eigenvalue weighted by Crippen LogP contribution is 2.16. The van der Waals surface area contributed by atoms with Gasteiger partial charge in [0, 0.05) is 29.8 Å². The van der Waals surface area contributed by atoms with Crippen LogP contribution in [-0.2, 0) is 0 Å². The third-order valence-electron chi connectivity index (χ3n) is 3.17. The van der Waals surface area contributed by atoms with Crippen molar-refractivity contribution >= 4 is 23.2 Å². The number of hydrogen-bond donors (Lipinski definition) is 2. The van der Waals surface area contributed by atoms with Crippen molar-refractivity contribution < 1.29 is 18.0 Å². The summed E-state index contributed by atoms with van der Waals surface area (Å²) in [6.07, 6.45) is 2.51. The quantitative estimate of drug-likeness (QED) is 0.753. The van der Waals surface area contributed by atoms with Gasteiger partial charge in [-0.25, -0.2) is 23.1 Å². The summed E-state index contributed by atoms with van der Waals surface area (Å²) in [5.74, 6) is -2.84. The molecule has 3 aromatic rings. The van der Waals surface area contributed by atoms with Gasteiger partial charge in [-0.3, -0.25) is 4.79 Å². The Morgan fingerprint density at radius 1 is 0.880 bits per heavy atom. The van der Waals surface area contributed by atoms with Gasteiger partial charge in [-0.15, -0.1) is 0 Å². The summed E-state index contributed by atoms with van der Waals surface area (Å²) in [5.41, 5.74) is 0.713. The van der Waals surface area contributed by atoms with Gasteiger partial charge in [0.05, 0.1) is 5.56 Å². The van der Waals surface area contributed by atoms with Crippen LogP contribution in [0.15, 0.2) is 54.9 Å². The molecule has 0 radical (unpaired) electrons. The first-order valence-electron chi connectivity index (χ1n) is 7.12. The van der Waals surface area contributed by atoms with Gasteiger partial charge >= 0.3 is 0 Å². The summed E-state index contributed by atoms with van der Waals surface area (Å²) in [7, 11) is 0. The van der Waals surface area contributed by atoms with Crippen molar-refractivity contribution in [2.24, 2.45) is 0 Å². The van der Waals surface area contributed by atoms with Crippen LogP contribution >= 0.6 is 0 Å². The largest absolute Gasteiger partial charge is 0.324 e. The van der Waals surface area contributed by atoms with Crippen LogP contribution in [-0.4, -0.2) is 15.9 Å². The van der Waals surface area contributed by atoms with Gasteiger partial charge in [-0.05, 0) is 30.3 Å². The number of hydrogen-bond acceptors (Lipinski definition) is 4. The molecule has 0 unspecified atom stereocenters. The molecule has 0 atom stereocenters. The molecule has 0 saturated heterocycles. The van der Waals surface area contributed by atoms with Crippen molar-refractivity contribution in [2.45, 2.75) is 0 Å². The van der Waals surface area contributed by atoms with E-state index in [1.54, 1.807) is 6.07 Å². The number of carbonyl (C=O) groups is 1. The SMILES string of the molecule is O=C(Nc1cccc(F)c1)c1cnc(Nc2ccc(F)c(F)c2)nc1. The lowest BCUT2D eigenvalue weighted by Crippen LogP contribution is -2.13. The highest BCUT2D eigenvalue weighted by Gasteiger charge is 2.09. The predicted molar refractivity (Wildman–Crippen MR) is 86.0 cm³/mol. The minimum atomic E-state index is -1.00. The molecule has 2 aromatic carbocycles. The maximum atomic E-state index is 13.2. The van der Waals surface area contributed by atoms with Crippen molar-refractivity contribution in [1.82, 2.24) is 9.97 Å². The van der Waals surface area contributed by atoms with Crippen LogP contribution in [0.2, 0.25) is 0 Å². The summed E-state index contributed by atoms with van der Waals surface area (Å²) < 4.78 is 39.1. The molecular weight excluding hydrogens is 333 g/mol. The molecule has 5 nitrogen and oxygen atoms in total. The van der Waals surface area contributed by atoms with E-state index in [1.165, 1.54) is 36.7 Å². The van der Waals surface area contributed by atoms with Crippen molar-refractivity contribution in [1.29, 1.82) is 0 Å². The van der Waals surface area contributed by atoms with Crippen LogP contribution in [0.5, 0.6) is 0 Å². The van der Waals surface area contributed by atoms with Gasteiger partial charge in [0.15, 0.2) is 11.6 Å². The maximum absolute atomic E-state index is 13.2. The molecule has 0 fully saturated rings. The molecule has 0 bridgehead atoms. The van der Waals surface area contributed by atoms with E-state index in [0.29, 0.717) is 5.69 Å². The van der Waals surface area contributed by atoms with Crippen molar-refractivity contribution in [3.8, 4) is 0 Å². The minimum absolute atomic E-state index is 0.105. The second kappa shape index (κ2) is 7.00. The normalized spacial score (nSPS) is 10.4. The summed E-state index contributed by atoms with van der Waals surface area (Å²) in [4.78, 5) is 19.9. The molecule has 126 valence electrons. The zero-order valence-electron chi connectivity index (χ0n) is 12.6. The fraction of sp³-hybridized carbons (Fsp3) is 0. The first-order chi connectivity index (χ1) is 12.0. The second-order valence-corrected chi connectivity index (χ2v) is 5.01. The van der Waals surface area contributed by atoms with Crippen LogP contribution in [0.25, 0.3) is 0 Å². The first-order valence-corrected chi connectivity index (χ1v) is 7.12. The van der Waals surface area contributed by atoms with E-state index < -0.39 is 23.4 Å².